The first-order valence-corrected chi connectivity index (χ1v) is 6.87. The van der Waals surface area contributed by atoms with Gasteiger partial charge in [-0.05, 0) is 44.0 Å². The minimum Gasteiger partial charge on any atom is -0.478 e. The average molecular weight is 282 g/mol. The highest BCUT2D eigenvalue weighted by Crippen LogP contribution is 2.11. The molecule has 2 rings (SSSR count). The second-order valence-electron chi connectivity index (χ2n) is 4.60. The predicted molar refractivity (Wildman–Crippen MR) is 82.8 cm³/mol. The molecule has 4 nitrogen and oxygen atoms in total. The van der Waals surface area contributed by atoms with Crippen molar-refractivity contribution in [1.82, 2.24) is 9.78 Å². The van der Waals surface area contributed by atoms with Crippen molar-refractivity contribution in [3.8, 4) is 5.69 Å². The minimum absolute atomic E-state index is 0.263. The Balaban J connectivity index is 2.05. The Morgan fingerprint density at radius 2 is 2.19 bits per heavy atom. The Kier molecular flexibility index (Phi) is 5.10. The molecule has 0 spiro atoms. The van der Waals surface area contributed by atoms with Crippen LogP contribution in [0.25, 0.3) is 5.69 Å². The number of carboxylic acid groups (broad SMARTS) is 1. The van der Waals surface area contributed by atoms with Gasteiger partial charge in [0.2, 0.25) is 0 Å². The van der Waals surface area contributed by atoms with Gasteiger partial charge in [-0.25, -0.2) is 9.48 Å². The van der Waals surface area contributed by atoms with Gasteiger partial charge in [-0.3, -0.25) is 0 Å². The van der Waals surface area contributed by atoms with E-state index in [2.05, 4.69) is 11.2 Å². The summed E-state index contributed by atoms with van der Waals surface area (Å²) in [5.41, 5.74) is 2.00. The van der Waals surface area contributed by atoms with Gasteiger partial charge in [-0.2, -0.15) is 5.10 Å². The molecule has 0 unspecified atom stereocenters. The first kappa shape index (κ1) is 14.8. The van der Waals surface area contributed by atoms with E-state index in [9.17, 15) is 4.79 Å². The molecule has 0 aliphatic rings. The van der Waals surface area contributed by atoms with Gasteiger partial charge in [0.25, 0.3) is 0 Å². The van der Waals surface area contributed by atoms with E-state index in [0.29, 0.717) is 0 Å². The summed E-state index contributed by atoms with van der Waals surface area (Å²) in [5.74, 6) is -0.932. The van der Waals surface area contributed by atoms with Crippen LogP contribution in [0.3, 0.4) is 0 Å². The molecule has 1 aromatic heterocycles. The lowest BCUT2D eigenvalue weighted by Crippen LogP contribution is -2.00. The number of nitrogens with zero attached hydrogens (tertiary/aromatic N) is 2. The molecule has 1 aromatic carbocycles. The summed E-state index contributed by atoms with van der Waals surface area (Å²) in [6.45, 7) is 1.98. The Morgan fingerprint density at radius 1 is 1.33 bits per heavy atom. The second-order valence-corrected chi connectivity index (χ2v) is 4.60. The Hall–Kier alpha value is -2.62. The first-order valence-electron chi connectivity index (χ1n) is 6.87. The molecule has 0 aliphatic heterocycles. The monoisotopic (exact) mass is 282 g/mol. The third kappa shape index (κ3) is 4.18. The van der Waals surface area contributed by atoms with Crippen LogP contribution in [0.15, 0.2) is 60.8 Å². The lowest BCUT2D eigenvalue weighted by molar-refractivity contribution is 0.0697. The van der Waals surface area contributed by atoms with Crippen molar-refractivity contribution in [3.05, 3.63) is 72.1 Å². The van der Waals surface area contributed by atoms with E-state index in [1.807, 2.05) is 43.5 Å². The number of allylic oxidation sites excluding steroid dienone is 4. The fourth-order valence-corrected chi connectivity index (χ4v) is 1.94. The second kappa shape index (κ2) is 7.24. The Bertz CT molecular complexity index is 669. The zero-order chi connectivity index (χ0) is 15.1. The van der Waals surface area contributed by atoms with Crippen LogP contribution >= 0.6 is 0 Å². The topological polar surface area (TPSA) is 55.1 Å². The molecule has 2 aromatic rings. The number of hydrogen-bond acceptors (Lipinski definition) is 2. The minimum atomic E-state index is -0.932. The highest BCUT2D eigenvalue weighted by Gasteiger charge is 2.05. The summed E-state index contributed by atoms with van der Waals surface area (Å²) in [6.07, 6.45) is 11.7. The molecule has 0 saturated carbocycles. The lowest BCUT2D eigenvalue weighted by Gasteiger charge is -2.02. The van der Waals surface area contributed by atoms with Crippen molar-refractivity contribution < 1.29 is 9.90 Å². The Labute approximate surface area is 124 Å². The molecule has 0 saturated heterocycles. The van der Waals surface area contributed by atoms with Gasteiger partial charge in [0.1, 0.15) is 0 Å². The summed E-state index contributed by atoms with van der Waals surface area (Å²) < 4.78 is 1.71. The highest BCUT2D eigenvalue weighted by molar-refractivity contribution is 5.88. The zero-order valence-electron chi connectivity index (χ0n) is 11.9. The molecular formula is C17H18N2O2. The summed E-state index contributed by atoms with van der Waals surface area (Å²) in [4.78, 5) is 11.0. The predicted octanol–water partition coefficient (Wildman–Crippen LogP) is 3.64. The van der Waals surface area contributed by atoms with E-state index >= 15 is 0 Å². The molecule has 0 aliphatic carbocycles. The molecule has 0 radical (unpaired) electrons. The smallest absolute Gasteiger partial charge is 0.335 e. The lowest BCUT2D eigenvalue weighted by atomic mass is 10.2. The summed E-state index contributed by atoms with van der Waals surface area (Å²) in [7, 11) is 0. The third-order valence-electron chi connectivity index (χ3n) is 3.01. The number of aromatic nitrogens is 2. The first-order chi connectivity index (χ1) is 10.2. The fourth-order valence-electron chi connectivity index (χ4n) is 1.94. The molecule has 108 valence electrons. The number of hydrogen-bond donors (Lipinski definition) is 1. The molecule has 4 heteroatoms. The van der Waals surface area contributed by atoms with Crippen LogP contribution < -0.4 is 0 Å². The van der Waals surface area contributed by atoms with Crippen LogP contribution in [0.1, 0.15) is 29.4 Å². The van der Waals surface area contributed by atoms with Crippen LogP contribution in [-0.4, -0.2) is 20.9 Å². The van der Waals surface area contributed by atoms with E-state index < -0.39 is 5.97 Å². The Morgan fingerprint density at radius 3 is 2.95 bits per heavy atom. The van der Waals surface area contributed by atoms with Crippen molar-refractivity contribution in [2.75, 3.05) is 0 Å². The molecule has 0 bridgehead atoms. The van der Waals surface area contributed by atoms with Crippen LogP contribution in [0.2, 0.25) is 0 Å². The van der Waals surface area contributed by atoms with Crippen molar-refractivity contribution in [3.63, 3.8) is 0 Å². The number of carbonyl (C=O) groups is 1. The summed E-state index contributed by atoms with van der Waals surface area (Å²) in [6, 6.07) is 8.71. The van der Waals surface area contributed by atoms with E-state index in [0.717, 1.165) is 24.2 Å². The number of carboxylic acids is 1. The van der Waals surface area contributed by atoms with Crippen molar-refractivity contribution in [2.24, 2.45) is 0 Å². The number of rotatable bonds is 6. The molecule has 1 N–H and O–H groups in total. The van der Waals surface area contributed by atoms with Crippen molar-refractivity contribution in [2.45, 2.75) is 19.8 Å². The fraction of sp³-hybridized carbons (Fsp3) is 0.176. The van der Waals surface area contributed by atoms with Crippen LogP contribution in [-0.2, 0) is 6.42 Å². The average Bonchev–Trinajstić information content (AvgIpc) is 2.96. The molecule has 0 amide bonds. The van der Waals surface area contributed by atoms with Crippen LogP contribution in [0.5, 0.6) is 0 Å². The van der Waals surface area contributed by atoms with Gasteiger partial charge < -0.3 is 5.11 Å². The van der Waals surface area contributed by atoms with Crippen LogP contribution in [0.4, 0.5) is 0 Å². The zero-order valence-corrected chi connectivity index (χ0v) is 11.9. The molecule has 21 heavy (non-hydrogen) atoms. The van der Waals surface area contributed by atoms with Crippen molar-refractivity contribution >= 4 is 5.97 Å². The molecule has 1 heterocycles. The van der Waals surface area contributed by atoms with E-state index in [4.69, 9.17) is 5.11 Å². The molecular weight excluding hydrogens is 264 g/mol. The standard InChI is InChI=1S/C17H18N2O2/c1-2-3-4-5-6-9-15-11-12-19(18-15)16-10-7-8-14(13-16)17(20)21/h2-5,7-8,10-13H,6,9H2,1H3,(H,20,21)/b3-2-,5-4-. The number of benzene rings is 1. The van der Waals surface area contributed by atoms with Crippen molar-refractivity contribution in [1.29, 1.82) is 0 Å². The maximum Gasteiger partial charge on any atom is 0.335 e. The van der Waals surface area contributed by atoms with E-state index in [-0.39, 0.29) is 5.56 Å². The van der Waals surface area contributed by atoms with E-state index in [1.54, 1.807) is 22.9 Å². The van der Waals surface area contributed by atoms with Gasteiger partial charge in [-0.1, -0.05) is 30.4 Å². The van der Waals surface area contributed by atoms with E-state index in [1.165, 1.54) is 0 Å². The van der Waals surface area contributed by atoms with Gasteiger partial charge in [0.05, 0.1) is 16.9 Å². The van der Waals surface area contributed by atoms with Gasteiger partial charge in [-0.15, -0.1) is 0 Å². The molecule has 0 atom stereocenters. The van der Waals surface area contributed by atoms with Gasteiger partial charge in [0, 0.05) is 6.20 Å². The number of aromatic carboxylic acids is 1. The maximum absolute atomic E-state index is 11.0. The van der Waals surface area contributed by atoms with Gasteiger partial charge in [0.15, 0.2) is 0 Å². The molecule has 0 fully saturated rings. The summed E-state index contributed by atoms with van der Waals surface area (Å²) >= 11 is 0. The normalized spacial score (nSPS) is 11.5. The maximum atomic E-state index is 11.0. The van der Waals surface area contributed by atoms with Crippen LogP contribution in [0, 0.1) is 0 Å². The SMILES string of the molecule is C/C=C\C=C/CCc1ccn(-c2cccc(C(=O)O)c2)n1. The van der Waals surface area contributed by atoms with Gasteiger partial charge >= 0.3 is 5.97 Å². The third-order valence-corrected chi connectivity index (χ3v) is 3.01. The number of aryl methyl sites for hydroxylation is 1. The highest BCUT2D eigenvalue weighted by atomic mass is 16.4. The largest absolute Gasteiger partial charge is 0.478 e. The quantitative estimate of drug-likeness (QED) is 0.823. The summed E-state index contributed by atoms with van der Waals surface area (Å²) in [5, 5.41) is 13.5.